The van der Waals surface area contributed by atoms with Crippen LogP contribution in [0.3, 0.4) is 0 Å². The summed E-state index contributed by atoms with van der Waals surface area (Å²) < 4.78 is 0. The first-order valence-corrected chi connectivity index (χ1v) is 19.5. The molecule has 2 saturated heterocycles. The minimum atomic E-state index is -0.964. The van der Waals surface area contributed by atoms with E-state index in [-0.39, 0.29) is 24.8 Å². The third kappa shape index (κ3) is 7.28. The van der Waals surface area contributed by atoms with Gasteiger partial charge < -0.3 is 15.1 Å². The highest BCUT2D eigenvalue weighted by molar-refractivity contribution is 6.32. The lowest BCUT2D eigenvalue weighted by molar-refractivity contribution is -0.136. The molecule has 284 valence electrons. The molecule has 8 rings (SSSR count). The van der Waals surface area contributed by atoms with Crippen molar-refractivity contribution in [2.45, 2.75) is 82.6 Å². The van der Waals surface area contributed by atoms with Gasteiger partial charge in [0.1, 0.15) is 17.9 Å². The van der Waals surface area contributed by atoms with Crippen LogP contribution in [0.5, 0.6) is 0 Å². The molecule has 5 aliphatic rings. The third-order valence-corrected chi connectivity index (χ3v) is 12.4. The number of anilines is 2. The summed E-state index contributed by atoms with van der Waals surface area (Å²) in [5.41, 5.74) is 4.72. The molecule has 1 saturated carbocycles. The monoisotopic (exact) mass is 762 g/mol. The van der Waals surface area contributed by atoms with E-state index in [9.17, 15) is 29.2 Å². The van der Waals surface area contributed by atoms with Crippen molar-refractivity contribution in [3.05, 3.63) is 87.1 Å². The fourth-order valence-electron chi connectivity index (χ4n) is 8.89. The van der Waals surface area contributed by atoms with E-state index >= 15 is 0 Å². The number of carbonyl (C=O) groups excluding carboxylic acids is 5. The quantitative estimate of drug-likeness (QED) is 0.315. The third-order valence-electron chi connectivity index (χ3n) is 12.1. The van der Waals surface area contributed by atoms with E-state index in [1.807, 2.05) is 43.4 Å². The summed E-state index contributed by atoms with van der Waals surface area (Å²) >= 11 is 6.26. The van der Waals surface area contributed by atoms with Crippen molar-refractivity contribution in [2.75, 3.05) is 36.5 Å². The number of piperidine rings is 2. The van der Waals surface area contributed by atoms with Gasteiger partial charge in [-0.1, -0.05) is 11.6 Å². The van der Waals surface area contributed by atoms with Gasteiger partial charge in [-0.15, -0.1) is 0 Å². The van der Waals surface area contributed by atoms with Gasteiger partial charge in [-0.25, -0.2) is 4.98 Å². The highest BCUT2D eigenvalue weighted by atomic mass is 35.5. The summed E-state index contributed by atoms with van der Waals surface area (Å²) in [6.07, 6.45) is 7.54. The molecule has 1 unspecified atom stereocenters. The summed E-state index contributed by atoms with van der Waals surface area (Å²) in [7, 11) is 2.05. The molecular formula is C41H43ClN8O5. The Hall–Kier alpha value is -5.32. The topological polar surface area (TPSA) is 159 Å². The first-order chi connectivity index (χ1) is 26.6. The number of hydrogen-bond donors (Lipinski definition) is 2. The second-order valence-corrected chi connectivity index (χ2v) is 15.9. The van der Waals surface area contributed by atoms with Crippen LogP contribution in [0.4, 0.5) is 11.5 Å². The summed E-state index contributed by atoms with van der Waals surface area (Å²) in [5.74, 6) is -0.684. The van der Waals surface area contributed by atoms with Crippen LogP contribution in [-0.4, -0.2) is 89.1 Å². The average molecular weight is 763 g/mol. The molecule has 2 N–H and O–H groups in total. The number of halogens is 1. The van der Waals surface area contributed by atoms with Crippen molar-refractivity contribution in [1.82, 2.24) is 25.4 Å². The van der Waals surface area contributed by atoms with Gasteiger partial charge in [0.25, 0.3) is 17.7 Å². The zero-order valence-corrected chi connectivity index (χ0v) is 31.5. The molecule has 5 heterocycles. The Balaban J connectivity index is 0.784. The standard InChI is InChI=1S/C41H43ClN8O5/c1-47(31-6-2-25(19-43)34(42)18-31)30-7-4-29(5-8-30)45-38(52)26-3-10-36(44-20-26)49-14-12-24(13-15-49)21-48-22-27-16-32-33(17-28(27)23-48)41(55)50(40(32)54)35-9-11-37(51)46-39(35)53/h2-3,6,10,16-18,20,24,29-30,35H,4-5,7-9,11-15,21-23H2,1H3,(H,45,52)(H,46,51,53). The Labute approximate surface area is 324 Å². The number of pyridine rings is 1. The molecule has 0 spiro atoms. The van der Waals surface area contributed by atoms with E-state index in [0.29, 0.717) is 52.3 Å². The number of nitrogens with zero attached hydrogens (tertiary/aromatic N) is 6. The second-order valence-electron chi connectivity index (χ2n) is 15.5. The van der Waals surface area contributed by atoms with Gasteiger partial charge in [-0.05, 0) is 104 Å². The van der Waals surface area contributed by atoms with E-state index in [2.05, 4.69) is 36.4 Å². The van der Waals surface area contributed by atoms with Crippen LogP contribution >= 0.6 is 11.6 Å². The van der Waals surface area contributed by atoms with E-state index in [1.165, 1.54) is 0 Å². The lowest BCUT2D eigenvalue weighted by Gasteiger charge is -2.36. The molecule has 1 atom stereocenters. The zero-order valence-electron chi connectivity index (χ0n) is 30.7. The molecule has 14 heteroatoms. The number of rotatable bonds is 8. The van der Waals surface area contributed by atoms with Gasteiger partial charge in [0.05, 0.1) is 27.3 Å². The van der Waals surface area contributed by atoms with Crippen LogP contribution in [-0.2, 0) is 22.7 Å². The van der Waals surface area contributed by atoms with Crippen LogP contribution in [0.1, 0.15) is 99.1 Å². The number of benzene rings is 2. The van der Waals surface area contributed by atoms with Crippen LogP contribution in [0.2, 0.25) is 5.02 Å². The van der Waals surface area contributed by atoms with Crippen molar-refractivity contribution in [2.24, 2.45) is 5.92 Å². The predicted molar refractivity (Wildman–Crippen MR) is 204 cm³/mol. The number of aromatic nitrogens is 1. The van der Waals surface area contributed by atoms with Crippen molar-refractivity contribution in [3.63, 3.8) is 0 Å². The highest BCUT2D eigenvalue weighted by Crippen LogP contribution is 2.35. The normalized spacial score (nSPS) is 23.0. The highest BCUT2D eigenvalue weighted by Gasteiger charge is 2.45. The number of carbonyl (C=O) groups is 5. The molecule has 1 aliphatic carbocycles. The molecule has 2 aromatic carbocycles. The predicted octanol–water partition coefficient (Wildman–Crippen LogP) is 4.42. The molecular weight excluding hydrogens is 720 g/mol. The molecule has 1 aromatic heterocycles. The van der Waals surface area contributed by atoms with Crippen molar-refractivity contribution in [1.29, 1.82) is 5.26 Å². The number of imide groups is 2. The number of nitriles is 1. The van der Waals surface area contributed by atoms with Gasteiger partial charge in [0.15, 0.2) is 0 Å². The Morgan fingerprint density at radius 3 is 2.24 bits per heavy atom. The maximum Gasteiger partial charge on any atom is 0.262 e. The molecule has 13 nitrogen and oxygen atoms in total. The second kappa shape index (κ2) is 15.1. The summed E-state index contributed by atoms with van der Waals surface area (Å²) in [5, 5.41) is 15.1. The number of hydrogen-bond acceptors (Lipinski definition) is 10. The fourth-order valence-corrected chi connectivity index (χ4v) is 9.10. The van der Waals surface area contributed by atoms with E-state index in [0.717, 1.165) is 85.7 Å². The Morgan fingerprint density at radius 2 is 1.64 bits per heavy atom. The first-order valence-electron chi connectivity index (χ1n) is 19.1. The van der Waals surface area contributed by atoms with Crippen LogP contribution in [0, 0.1) is 17.2 Å². The van der Waals surface area contributed by atoms with E-state index in [4.69, 9.17) is 11.6 Å². The van der Waals surface area contributed by atoms with Crippen molar-refractivity contribution in [3.8, 4) is 6.07 Å². The Bertz CT molecular complexity index is 2060. The molecule has 0 bridgehead atoms. The van der Waals surface area contributed by atoms with Crippen LogP contribution in [0.25, 0.3) is 0 Å². The van der Waals surface area contributed by atoms with Gasteiger partial charge >= 0.3 is 0 Å². The first kappa shape index (κ1) is 36.6. The SMILES string of the molecule is CN(c1ccc(C#N)c(Cl)c1)C1CCC(NC(=O)c2ccc(N3CCC(CN4Cc5cc6c(cc5C4)C(=O)N(C4CCC(=O)NC4=O)C6=O)CC3)nc2)CC1. The minimum Gasteiger partial charge on any atom is -0.372 e. The summed E-state index contributed by atoms with van der Waals surface area (Å²) in [6, 6.07) is 14.5. The van der Waals surface area contributed by atoms with Crippen LogP contribution < -0.4 is 20.4 Å². The molecule has 4 aliphatic heterocycles. The maximum atomic E-state index is 13.3. The van der Waals surface area contributed by atoms with Gasteiger partial charge in [-0.3, -0.25) is 39.1 Å². The minimum absolute atomic E-state index is 0.0952. The maximum absolute atomic E-state index is 13.3. The lowest BCUT2D eigenvalue weighted by atomic mass is 9.90. The number of nitrogens with one attached hydrogen (secondary N) is 2. The smallest absolute Gasteiger partial charge is 0.262 e. The van der Waals surface area contributed by atoms with E-state index < -0.39 is 29.7 Å². The molecule has 3 fully saturated rings. The Kier molecular flexibility index (Phi) is 10.0. The lowest BCUT2D eigenvalue weighted by Crippen LogP contribution is -2.54. The molecule has 55 heavy (non-hydrogen) atoms. The largest absolute Gasteiger partial charge is 0.372 e. The van der Waals surface area contributed by atoms with Crippen molar-refractivity contribution >= 4 is 52.6 Å². The van der Waals surface area contributed by atoms with Gasteiger partial charge in [0.2, 0.25) is 11.8 Å². The summed E-state index contributed by atoms with van der Waals surface area (Å²) in [4.78, 5) is 76.3. The number of fused-ring (bicyclic) bond motifs is 2. The fraction of sp³-hybridized carbons (Fsp3) is 0.439. The number of amides is 5. The van der Waals surface area contributed by atoms with E-state index in [1.54, 1.807) is 12.3 Å². The van der Waals surface area contributed by atoms with Crippen LogP contribution in [0.15, 0.2) is 48.7 Å². The van der Waals surface area contributed by atoms with Gasteiger partial charge in [-0.2, -0.15) is 5.26 Å². The Morgan fingerprint density at radius 1 is 0.945 bits per heavy atom. The molecule has 3 aromatic rings. The molecule has 0 radical (unpaired) electrons. The summed E-state index contributed by atoms with van der Waals surface area (Å²) in [6.45, 7) is 4.03. The van der Waals surface area contributed by atoms with Crippen molar-refractivity contribution < 1.29 is 24.0 Å². The average Bonchev–Trinajstić information content (AvgIpc) is 3.69. The molecule has 5 amide bonds. The van der Waals surface area contributed by atoms with Gasteiger partial charge in [0, 0.05) is 70.2 Å². The zero-order chi connectivity index (χ0) is 38.4.